The summed E-state index contributed by atoms with van der Waals surface area (Å²) in [6.45, 7) is 0. The SMILES string of the molecule is CS(=O)(=O)c1ccc(C(CC2CCCC2)C(N)=O)cc1NO. The third kappa shape index (κ3) is 3.78. The third-order valence-electron chi connectivity index (χ3n) is 4.31. The summed E-state index contributed by atoms with van der Waals surface area (Å²) in [4.78, 5) is 11.8. The highest BCUT2D eigenvalue weighted by molar-refractivity contribution is 7.90. The Kier molecular flexibility index (Phi) is 5.08. The summed E-state index contributed by atoms with van der Waals surface area (Å²) in [6, 6.07) is 4.48. The van der Waals surface area contributed by atoms with Crippen molar-refractivity contribution in [1.29, 1.82) is 0 Å². The lowest BCUT2D eigenvalue weighted by Crippen LogP contribution is -2.23. The maximum absolute atomic E-state index is 11.8. The molecule has 1 atom stereocenters. The lowest BCUT2D eigenvalue weighted by molar-refractivity contribution is -0.119. The van der Waals surface area contributed by atoms with Crippen molar-refractivity contribution in [3.05, 3.63) is 23.8 Å². The largest absolute Gasteiger partial charge is 0.369 e. The molecule has 1 amide bonds. The molecule has 0 radical (unpaired) electrons. The van der Waals surface area contributed by atoms with Crippen LogP contribution in [0.15, 0.2) is 23.1 Å². The molecule has 1 aliphatic carbocycles. The number of carbonyl (C=O) groups excluding carboxylic acids is 1. The average Bonchev–Trinajstić information content (AvgIpc) is 2.95. The quantitative estimate of drug-likeness (QED) is 0.693. The van der Waals surface area contributed by atoms with E-state index in [0.29, 0.717) is 17.9 Å². The molecule has 4 N–H and O–H groups in total. The highest BCUT2D eigenvalue weighted by Crippen LogP contribution is 2.35. The van der Waals surface area contributed by atoms with Gasteiger partial charge in [0.2, 0.25) is 5.91 Å². The van der Waals surface area contributed by atoms with E-state index in [9.17, 15) is 18.4 Å². The number of benzene rings is 1. The molecular formula is C15H22N2O4S. The number of carbonyl (C=O) groups is 1. The Morgan fingerprint density at radius 2 is 2.05 bits per heavy atom. The molecule has 1 fully saturated rings. The first-order valence-corrected chi connectivity index (χ1v) is 9.25. The lowest BCUT2D eigenvalue weighted by atomic mass is 9.87. The van der Waals surface area contributed by atoms with Gasteiger partial charge in [-0.1, -0.05) is 31.7 Å². The van der Waals surface area contributed by atoms with Gasteiger partial charge in [0.1, 0.15) is 0 Å². The number of hydrogen-bond donors (Lipinski definition) is 3. The van der Waals surface area contributed by atoms with E-state index < -0.39 is 21.7 Å². The zero-order valence-electron chi connectivity index (χ0n) is 12.6. The van der Waals surface area contributed by atoms with Crippen LogP contribution in [-0.2, 0) is 14.6 Å². The zero-order valence-corrected chi connectivity index (χ0v) is 13.4. The topological polar surface area (TPSA) is 109 Å². The van der Waals surface area contributed by atoms with E-state index >= 15 is 0 Å². The minimum Gasteiger partial charge on any atom is -0.369 e. The third-order valence-corrected chi connectivity index (χ3v) is 5.47. The number of hydrogen-bond acceptors (Lipinski definition) is 5. The van der Waals surface area contributed by atoms with Crippen molar-refractivity contribution in [2.75, 3.05) is 11.7 Å². The van der Waals surface area contributed by atoms with Crippen LogP contribution in [0, 0.1) is 5.92 Å². The number of sulfone groups is 1. The molecule has 122 valence electrons. The molecule has 0 bridgehead atoms. The van der Waals surface area contributed by atoms with Gasteiger partial charge in [0, 0.05) is 6.26 Å². The van der Waals surface area contributed by atoms with Crippen molar-refractivity contribution in [2.45, 2.75) is 42.9 Å². The second-order valence-electron chi connectivity index (χ2n) is 5.98. The van der Waals surface area contributed by atoms with E-state index in [1.165, 1.54) is 25.0 Å². The van der Waals surface area contributed by atoms with Crippen molar-refractivity contribution in [3.8, 4) is 0 Å². The Hall–Kier alpha value is -1.60. The number of amides is 1. The Bertz CT molecular complexity index is 652. The van der Waals surface area contributed by atoms with Crippen LogP contribution in [0.5, 0.6) is 0 Å². The fraction of sp³-hybridized carbons (Fsp3) is 0.533. The van der Waals surface area contributed by atoms with Crippen LogP contribution in [0.3, 0.4) is 0 Å². The van der Waals surface area contributed by atoms with Crippen molar-refractivity contribution in [1.82, 2.24) is 0 Å². The molecular weight excluding hydrogens is 304 g/mol. The summed E-state index contributed by atoms with van der Waals surface area (Å²) >= 11 is 0. The molecule has 0 saturated heterocycles. The fourth-order valence-corrected chi connectivity index (χ4v) is 3.99. The Morgan fingerprint density at radius 3 is 2.55 bits per heavy atom. The number of rotatable bonds is 6. The summed E-state index contributed by atoms with van der Waals surface area (Å²) in [5, 5.41) is 9.18. The van der Waals surface area contributed by atoms with E-state index in [4.69, 9.17) is 5.73 Å². The smallest absolute Gasteiger partial charge is 0.224 e. The first kappa shape index (κ1) is 16.8. The first-order chi connectivity index (χ1) is 10.3. The molecule has 2 rings (SSSR count). The van der Waals surface area contributed by atoms with Gasteiger partial charge < -0.3 is 5.73 Å². The molecule has 6 nitrogen and oxygen atoms in total. The number of anilines is 1. The molecule has 1 aromatic carbocycles. The van der Waals surface area contributed by atoms with Crippen LogP contribution in [-0.4, -0.2) is 25.8 Å². The van der Waals surface area contributed by atoms with Crippen molar-refractivity contribution >= 4 is 21.4 Å². The highest BCUT2D eigenvalue weighted by atomic mass is 32.2. The van der Waals surface area contributed by atoms with Gasteiger partial charge in [0.25, 0.3) is 0 Å². The first-order valence-electron chi connectivity index (χ1n) is 7.36. The van der Waals surface area contributed by atoms with E-state index in [2.05, 4.69) is 0 Å². The monoisotopic (exact) mass is 326 g/mol. The predicted octanol–water partition coefficient (Wildman–Crippen LogP) is 2.04. The minimum atomic E-state index is -3.47. The summed E-state index contributed by atoms with van der Waals surface area (Å²) in [6.07, 6.45) is 6.26. The van der Waals surface area contributed by atoms with E-state index in [0.717, 1.165) is 19.1 Å². The van der Waals surface area contributed by atoms with Crippen LogP contribution >= 0.6 is 0 Å². The van der Waals surface area contributed by atoms with E-state index in [-0.39, 0.29) is 10.6 Å². The Balaban J connectivity index is 2.33. The van der Waals surface area contributed by atoms with Gasteiger partial charge in [-0.15, -0.1) is 0 Å². The number of nitrogens with two attached hydrogens (primary N) is 1. The molecule has 7 heteroatoms. The summed E-state index contributed by atoms with van der Waals surface area (Å²) in [7, 11) is -3.47. The molecule has 22 heavy (non-hydrogen) atoms. The molecule has 1 saturated carbocycles. The van der Waals surface area contributed by atoms with Gasteiger partial charge in [-0.2, -0.15) is 0 Å². The molecule has 1 unspecified atom stereocenters. The Labute approximate surface area is 130 Å². The molecule has 0 spiro atoms. The maximum Gasteiger partial charge on any atom is 0.224 e. The molecule has 1 aliphatic rings. The van der Waals surface area contributed by atoms with Gasteiger partial charge in [-0.05, 0) is 30.0 Å². The highest BCUT2D eigenvalue weighted by Gasteiger charge is 2.26. The van der Waals surface area contributed by atoms with Crippen LogP contribution in [0.1, 0.15) is 43.6 Å². The van der Waals surface area contributed by atoms with Crippen molar-refractivity contribution in [2.24, 2.45) is 11.7 Å². The van der Waals surface area contributed by atoms with Gasteiger partial charge in [-0.3, -0.25) is 15.5 Å². The van der Waals surface area contributed by atoms with Crippen LogP contribution in [0.4, 0.5) is 5.69 Å². The summed E-state index contributed by atoms with van der Waals surface area (Å²) < 4.78 is 23.3. The lowest BCUT2D eigenvalue weighted by Gasteiger charge is -2.19. The number of primary amides is 1. The maximum atomic E-state index is 11.8. The molecule has 1 aromatic rings. The number of nitrogens with one attached hydrogen (secondary N) is 1. The average molecular weight is 326 g/mol. The summed E-state index contributed by atoms with van der Waals surface area (Å²) in [5.41, 5.74) is 8.12. The van der Waals surface area contributed by atoms with Gasteiger partial charge in [-0.25, -0.2) is 8.42 Å². The molecule has 0 aliphatic heterocycles. The van der Waals surface area contributed by atoms with Crippen molar-refractivity contribution < 1.29 is 18.4 Å². The van der Waals surface area contributed by atoms with Gasteiger partial charge in [0.05, 0.1) is 16.5 Å². The summed E-state index contributed by atoms with van der Waals surface area (Å²) in [5.74, 6) is -0.427. The van der Waals surface area contributed by atoms with E-state index in [1.54, 1.807) is 6.07 Å². The van der Waals surface area contributed by atoms with Crippen LogP contribution < -0.4 is 11.2 Å². The van der Waals surface area contributed by atoms with Crippen LogP contribution in [0.2, 0.25) is 0 Å². The normalized spacial score (nSPS) is 17.4. The van der Waals surface area contributed by atoms with Crippen molar-refractivity contribution in [3.63, 3.8) is 0 Å². The second kappa shape index (κ2) is 6.66. The van der Waals surface area contributed by atoms with Gasteiger partial charge >= 0.3 is 0 Å². The van der Waals surface area contributed by atoms with E-state index in [1.807, 2.05) is 5.48 Å². The second-order valence-corrected chi connectivity index (χ2v) is 7.96. The molecule has 0 heterocycles. The predicted molar refractivity (Wildman–Crippen MR) is 83.5 cm³/mol. The standard InChI is InChI=1S/C15H22N2O4S/c1-22(20,21)14-7-6-11(9-13(14)17-19)12(15(16)18)8-10-4-2-3-5-10/h6-7,9-10,12,17,19H,2-5,8H2,1H3,(H2,16,18). The Morgan fingerprint density at radius 1 is 1.41 bits per heavy atom. The molecule has 0 aromatic heterocycles. The fourth-order valence-electron chi connectivity index (χ4n) is 3.17. The zero-order chi connectivity index (χ0) is 16.3. The minimum absolute atomic E-state index is 0.0113. The van der Waals surface area contributed by atoms with Crippen LogP contribution in [0.25, 0.3) is 0 Å². The van der Waals surface area contributed by atoms with Gasteiger partial charge in [0.15, 0.2) is 9.84 Å².